The fourth-order valence-corrected chi connectivity index (χ4v) is 1.82. The lowest BCUT2D eigenvalue weighted by Crippen LogP contribution is -2.18. The van der Waals surface area contributed by atoms with Gasteiger partial charge < -0.3 is 5.11 Å². The van der Waals surface area contributed by atoms with Gasteiger partial charge in [-0.15, -0.1) is 23.2 Å². The molecular formula is C11H12Cl2O2. The van der Waals surface area contributed by atoms with Crippen LogP contribution in [-0.2, 0) is 11.2 Å². The van der Waals surface area contributed by atoms with Crippen LogP contribution in [0.4, 0.5) is 0 Å². The Balaban J connectivity index is 2.63. The van der Waals surface area contributed by atoms with Crippen LogP contribution in [0.5, 0.6) is 0 Å². The first kappa shape index (κ1) is 12.3. The van der Waals surface area contributed by atoms with Gasteiger partial charge in [0.15, 0.2) is 0 Å². The smallest absolute Gasteiger partial charge is 0.306 e. The molecule has 0 fully saturated rings. The molecule has 0 aromatic heterocycles. The van der Waals surface area contributed by atoms with Crippen molar-refractivity contribution < 1.29 is 9.90 Å². The van der Waals surface area contributed by atoms with Gasteiger partial charge in [-0.3, -0.25) is 4.79 Å². The second-order valence-electron chi connectivity index (χ2n) is 3.35. The highest BCUT2D eigenvalue weighted by Gasteiger charge is 2.20. The molecule has 0 saturated carbocycles. The molecule has 1 aromatic rings. The quantitative estimate of drug-likeness (QED) is 0.811. The minimum absolute atomic E-state index is 0.271. The highest BCUT2D eigenvalue weighted by atomic mass is 35.5. The van der Waals surface area contributed by atoms with Crippen LogP contribution in [0.2, 0.25) is 0 Å². The van der Waals surface area contributed by atoms with E-state index in [1.165, 1.54) is 0 Å². The van der Waals surface area contributed by atoms with Gasteiger partial charge in [-0.1, -0.05) is 30.3 Å². The van der Waals surface area contributed by atoms with Crippen molar-refractivity contribution in [1.29, 1.82) is 0 Å². The Labute approximate surface area is 98.8 Å². The maximum absolute atomic E-state index is 10.9. The molecule has 0 bridgehead atoms. The van der Waals surface area contributed by atoms with Gasteiger partial charge in [0.25, 0.3) is 0 Å². The molecular weight excluding hydrogens is 235 g/mol. The maximum atomic E-state index is 10.9. The largest absolute Gasteiger partial charge is 0.481 e. The molecule has 2 nitrogen and oxygen atoms in total. The molecule has 0 radical (unpaired) electrons. The minimum Gasteiger partial charge on any atom is -0.481 e. The van der Waals surface area contributed by atoms with E-state index in [1.54, 1.807) is 0 Å². The van der Waals surface area contributed by atoms with Gasteiger partial charge in [0.2, 0.25) is 0 Å². The molecule has 1 unspecified atom stereocenters. The van der Waals surface area contributed by atoms with Gasteiger partial charge in [0.1, 0.15) is 4.84 Å². The third-order valence-corrected chi connectivity index (χ3v) is 2.49. The second kappa shape index (κ2) is 5.99. The van der Waals surface area contributed by atoms with E-state index in [0.29, 0.717) is 6.42 Å². The molecule has 4 heteroatoms. The summed E-state index contributed by atoms with van der Waals surface area (Å²) in [5.41, 5.74) is 0.985. The Morgan fingerprint density at radius 2 is 1.87 bits per heavy atom. The molecule has 1 rings (SSSR count). The first-order valence-electron chi connectivity index (χ1n) is 4.64. The van der Waals surface area contributed by atoms with E-state index in [9.17, 15) is 4.79 Å². The van der Waals surface area contributed by atoms with E-state index in [0.717, 1.165) is 5.56 Å². The van der Waals surface area contributed by atoms with Gasteiger partial charge in [0.05, 0.1) is 5.92 Å². The van der Waals surface area contributed by atoms with Crippen molar-refractivity contribution in [2.24, 2.45) is 5.92 Å². The van der Waals surface area contributed by atoms with Crippen molar-refractivity contribution in [3.8, 4) is 0 Å². The first-order chi connectivity index (χ1) is 7.09. The van der Waals surface area contributed by atoms with E-state index in [4.69, 9.17) is 28.3 Å². The highest BCUT2D eigenvalue weighted by molar-refractivity contribution is 6.44. The van der Waals surface area contributed by atoms with Crippen LogP contribution in [-0.4, -0.2) is 15.9 Å². The van der Waals surface area contributed by atoms with Crippen molar-refractivity contribution in [3.05, 3.63) is 35.9 Å². The highest BCUT2D eigenvalue weighted by Crippen LogP contribution is 2.19. The van der Waals surface area contributed by atoms with Crippen LogP contribution in [0.3, 0.4) is 0 Å². The fourth-order valence-electron chi connectivity index (χ4n) is 1.39. The Hall–Kier alpha value is -0.730. The summed E-state index contributed by atoms with van der Waals surface area (Å²) in [5, 5.41) is 8.97. The lowest BCUT2D eigenvalue weighted by molar-refractivity contribution is -0.141. The Morgan fingerprint density at radius 1 is 1.27 bits per heavy atom. The number of hydrogen-bond acceptors (Lipinski definition) is 1. The molecule has 0 amide bonds. The van der Waals surface area contributed by atoms with Gasteiger partial charge in [0, 0.05) is 0 Å². The summed E-state index contributed by atoms with van der Waals surface area (Å²) < 4.78 is 0. The zero-order chi connectivity index (χ0) is 11.3. The summed E-state index contributed by atoms with van der Waals surface area (Å²) in [7, 11) is 0. The number of rotatable bonds is 5. The van der Waals surface area contributed by atoms with Gasteiger partial charge in [-0.25, -0.2) is 0 Å². The number of carboxylic acids is 1. The van der Waals surface area contributed by atoms with Crippen LogP contribution in [0.1, 0.15) is 12.0 Å². The number of halogens is 2. The standard InChI is InChI=1S/C11H12Cl2O2/c12-10(13)7-9(11(14)15)6-8-4-2-1-3-5-8/h1-5,9-10H,6-7H2,(H,14,15). The van der Waals surface area contributed by atoms with E-state index < -0.39 is 16.7 Å². The number of carbonyl (C=O) groups is 1. The van der Waals surface area contributed by atoms with Crippen LogP contribution in [0.15, 0.2) is 30.3 Å². The lowest BCUT2D eigenvalue weighted by Gasteiger charge is -2.12. The third-order valence-electron chi connectivity index (χ3n) is 2.14. The van der Waals surface area contributed by atoms with E-state index >= 15 is 0 Å². The molecule has 1 aromatic carbocycles. The number of alkyl halides is 2. The average Bonchev–Trinajstić information content (AvgIpc) is 2.17. The van der Waals surface area contributed by atoms with Crippen LogP contribution in [0.25, 0.3) is 0 Å². The van der Waals surface area contributed by atoms with Crippen molar-refractivity contribution in [3.63, 3.8) is 0 Å². The van der Waals surface area contributed by atoms with Crippen LogP contribution < -0.4 is 0 Å². The van der Waals surface area contributed by atoms with Gasteiger partial charge in [-0.05, 0) is 18.4 Å². The summed E-state index contributed by atoms with van der Waals surface area (Å²) in [6, 6.07) is 9.45. The maximum Gasteiger partial charge on any atom is 0.306 e. The van der Waals surface area contributed by atoms with Crippen molar-refractivity contribution in [2.75, 3.05) is 0 Å². The molecule has 1 N–H and O–H groups in total. The van der Waals surface area contributed by atoms with Gasteiger partial charge >= 0.3 is 5.97 Å². The monoisotopic (exact) mass is 246 g/mol. The normalized spacial score (nSPS) is 12.7. The summed E-state index contributed by atoms with van der Waals surface area (Å²) in [4.78, 5) is 10.3. The molecule has 15 heavy (non-hydrogen) atoms. The molecule has 0 aliphatic carbocycles. The topological polar surface area (TPSA) is 37.3 Å². The van der Waals surface area contributed by atoms with Crippen LogP contribution in [0, 0.1) is 5.92 Å². The molecule has 0 spiro atoms. The zero-order valence-electron chi connectivity index (χ0n) is 8.07. The Morgan fingerprint density at radius 3 is 2.33 bits per heavy atom. The molecule has 82 valence electrons. The van der Waals surface area contributed by atoms with E-state index in [2.05, 4.69) is 0 Å². The molecule has 0 saturated heterocycles. The predicted octanol–water partition coefficient (Wildman–Crippen LogP) is 3.12. The van der Waals surface area contributed by atoms with Crippen LogP contribution >= 0.6 is 23.2 Å². The second-order valence-corrected chi connectivity index (χ2v) is 4.63. The number of benzene rings is 1. The van der Waals surface area contributed by atoms with Crippen molar-refractivity contribution >= 4 is 29.2 Å². The first-order valence-corrected chi connectivity index (χ1v) is 5.51. The van der Waals surface area contributed by atoms with E-state index in [1.807, 2.05) is 30.3 Å². The summed E-state index contributed by atoms with van der Waals surface area (Å²) in [5.74, 6) is -1.38. The lowest BCUT2D eigenvalue weighted by atomic mass is 9.97. The predicted molar refractivity (Wildman–Crippen MR) is 61.4 cm³/mol. The zero-order valence-corrected chi connectivity index (χ0v) is 9.58. The third kappa shape index (κ3) is 4.54. The fraction of sp³-hybridized carbons (Fsp3) is 0.364. The number of aliphatic carboxylic acids is 1. The SMILES string of the molecule is O=C(O)C(Cc1ccccc1)CC(Cl)Cl. The summed E-state index contributed by atoms with van der Waals surface area (Å²) >= 11 is 11.2. The molecule has 1 atom stereocenters. The average molecular weight is 247 g/mol. The summed E-state index contributed by atoms with van der Waals surface area (Å²) in [6.07, 6.45) is 0.736. The molecule has 0 aliphatic rings. The van der Waals surface area contributed by atoms with Crippen molar-refractivity contribution in [2.45, 2.75) is 17.7 Å². The molecule has 0 aliphatic heterocycles. The van der Waals surface area contributed by atoms with Crippen molar-refractivity contribution in [1.82, 2.24) is 0 Å². The Bertz CT molecular complexity index is 312. The Kier molecular flexibility index (Phi) is 4.92. The van der Waals surface area contributed by atoms with Gasteiger partial charge in [-0.2, -0.15) is 0 Å². The van der Waals surface area contributed by atoms with E-state index in [-0.39, 0.29) is 6.42 Å². The number of hydrogen-bond donors (Lipinski definition) is 1. The summed E-state index contributed by atoms with van der Waals surface area (Å²) in [6.45, 7) is 0. The minimum atomic E-state index is -0.856. The molecule has 0 heterocycles. The number of carboxylic acid groups (broad SMARTS) is 1.